The fourth-order valence-electron chi connectivity index (χ4n) is 2.76. The number of likely N-dealkylation sites (tertiary alicyclic amines) is 1. The van der Waals surface area contributed by atoms with Crippen LogP contribution < -0.4 is 9.47 Å². The summed E-state index contributed by atoms with van der Waals surface area (Å²) < 4.78 is 16.4. The van der Waals surface area contributed by atoms with Crippen LogP contribution in [0.25, 0.3) is 0 Å². The lowest BCUT2D eigenvalue weighted by atomic mass is 10.1. The lowest BCUT2D eigenvalue weighted by Crippen LogP contribution is -2.36. The fourth-order valence-corrected chi connectivity index (χ4v) is 3.02. The van der Waals surface area contributed by atoms with Gasteiger partial charge >= 0.3 is 0 Å². The fraction of sp³-hybridized carbons (Fsp3) is 0.625. The van der Waals surface area contributed by atoms with E-state index in [0.29, 0.717) is 16.9 Å². The van der Waals surface area contributed by atoms with E-state index in [-0.39, 0.29) is 0 Å². The van der Waals surface area contributed by atoms with Crippen molar-refractivity contribution >= 4 is 11.6 Å². The van der Waals surface area contributed by atoms with Crippen LogP contribution in [-0.2, 0) is 11.3 Å². The molecule has 1 heterocycles. The lowest BCUT2D eigenvalue weighted by molar-refractivity contribution is 0.0124. The number of hydrogen-bond donors (Lipinski definition) is 0. The van der Waals surface area contributed by atoms with Gasteiger partial charge in [0.25, 0.3) is 0 Å². The zero-order valence-electron chi connectivity index (χ0n) is 13.0. The number of rotatable bonds is 6. The van der Waals surface area contributed by atoms with E-state index in [0.717, 1.165) is 50.4 Å². The molecule has 1 aromatic rings. The quantitative estimate of drug-likeness (QED) is 0.806. The number of benzene rings is 1. The van der Waals surface area contributed by atoms with Crippen LogP contribution in [0, 0.1) is 0 Å². The Morgan fingerprint density at radius 3 is 2.38 bits per heavy atom. The SMILES string of the molecule is CCOC1CCN(Cc2cc(Cl)c(OC)cc2OC)CC1. The third-order valence-corrected chi connectivity index (χ3v) is 4.18. The number of hydrogen-bond acceptors (Lipinski definition) is 4. The van der Waals surface area contributed by atoms with Gasteiger partial charge in [-0.05, 0) is 25.8 Å². The highest BCUT2D eigenvalue weighted by atomic mass is 35.5. The first-order valence-corrected chi connectivity index (χ1v) is 7.80. The summed E-state index contributed by atoms with van der Waals surface area (Å²) in [7, 11) is 3.28. The molecule has 0 radical (unpaired) electrons. The molecule has 0 spiro atoms. The van der Waals surface area contributed by atoms with E-state index < -0.39 is 0 Å². The molecule has 0 N–H and O–H groups in total. The molecule has 0 amide bonds. The van der Waals surface area contributed by atoms with E-state index in [9.17, 15) is 0 Å². The molecule has 118 valence electrons. The Bertz CT molecular complexity index is 459. The van der Waals surface area contributed by atoms with Gasteiger partial charge in [0.05, 0.1) is 25.3 Å². The molecular formula is C16H24ClNO3. The van der Waals surface area contributed by atoms with Crippen molar-refractivity contribution < 1.29 is 14.2 Å². The third kappa shape index (κ3) is 4.25. The standard InChI is InChI=1S/C16H24ClNO3/c1-4-21-13-5-7-18(8-6-13)11-12-9-14(17)16(20-3)10-15(12)19-2/h9-10,13H,4-8,11H2,1-3H3. The number of ether oxygens (including phenoxy) is 3. The van der Waals surface area contributed by atoms with Gasteiger partial charge in [-0.2, -0.15) is 0 Å². The molecule has 1 aromatic carbocycles. The molecule has 0 atom stereocenters. The first kappa shape index (κ1) is 16.4. The molecule has 0 unspecified atom stereocenters. The molecule has 0 bridgehead atoms. The van der Waals surface area contributed by atoms with Gasteiger partial charge in [-0.3, -0.25) is 4.90 Å². The topological polar surface area (TPSA) is 30.9 Å². The smallest absolute Gasteiger partial charge is 0.141 e. The van der Waals surface area contributed by atoms with E-state index in [2.05, 4.69) is 11.8 Å². The summed E-state index contributed by atoms with van der Waals surface area (Å²) in [6.45, 7) is 5.77. The zero-order chi connectivity index (χ0) is 15.2. The van der Waals surface area contributed by atoms with Crippen LogP contribution in [0.1, 0.15) is 25.3 Å². The third-order valence-electron chi connectivity index (χ3n) is 3.89. The van der Waals surface area contributed by atoms with Gasteiger partial charge in [-0.25, -0.2) is 0 Å². The van der Waals surface area contributed by atoms with Crippen molar-refractivity contribution in [3.63, 3.8) is 0 Å². The maximum Gasteiger partial charge on any atom is 0.141 e. The van der Waals surface area contributed by atoms with Crippen LogP contribution in [0.3, 0.4) is 0 Å². The highest BCUT2D eigenvalue weighted by molar-refractivity contribution is 6.32. The molecule has 1 saturated heterocycles. The molecule has 1 fully saturated rings. The minimum atomic E-state index is 0.410. The van der Waals surface area contributed by atoms with E-state index >= 15 is 0 Å². The van der Waals surface area contributed by atoms with E-state index in [1.54, 1.807) is 14.2 Å². The summed E-state index contributed by atoms with van der Waals surface area (Å²) in [4.78, 5) is 2.41. The van der Waals surface area contributed by atoms with Crippen LogP contribution in [0.2, 0.25) is 5.02 Å². The molecular weight excluding hydrogens is 290 g/mol. The van der Waals surface area contributed by atoms with Gasteiger partial charge in [-0.15, -0.1) is 0 Å². The minimum Gasteiger partial charge on any atom is -0.496 e. The van der Waals surface area contributed by atoms with Crippen molar-refractivity contribution in [1.82, 2.24) is 4.90 Å². The first-order valence-electron chi connectivity index (χ1n) is 7.42. The highest BCUT2D eigenvalue weighted by Gasteiger charge is 2.21. The van der Waals surface area contributed by atoms with Crippen molar-refractivity contribution in [2.45, 2.75) is 32.4 Å². The maximum atomic E-state index is 6.22. The van der Waals surface area contributed by atoms with E-state index in [1.807, 2.05) is 12.1 Å². The van der Waals surface area contributed by atoms with Crippen LogP contribution in [0.5, 0.6) is 11.5 Å². The number of nitrogens with zero attached hydrogens (tertiary/aromatic N) is 1. The van der Waals surface area contributed by atoms with Crippen molar-refractivity contribution in [3.05, 3.63) is 22.7 Å². The second kappa shape index (κ2) is 7.87. The maximum absolute atomic E-state index is 6.22. The van der Waals surface area contributed by atoms with Crippen LogP contribution in [0.15, 0.2) is 12.1 Å². The van der Waals surface area contributed by atoms with Crippen LogP contribution >= 0.6 is 11.6 Å². The van der Waals surface area contributed by atoms with Gasteiger partial charge in [0.15, 0.2) is 0 Å². The summed E-state index contributed by atoms with van der Waals surface area (Å²) in [6.07, 6.45) is 2.58. The lowest BCUT2D eigenvalue weighted by Gasteiger charge is -2.32. The molecule has 1 aliphatic rings. The molecule has 2 rings (SSSR count). The highest BCUT2D eigenvalue weighted by Crippen LogP contribution is 2.33. The summed E-state index contributed by atoms with van der Waals surface area (Å²) in [5, 5.41) is 0.623. The minimum absolute atomic E-state index is 0.410. The molecule has 21 heavy (non-hydrogen) atoms. The number of methoxy groups -OCH3 is 2. The Balaban J connectivity index is 2.01. The van der Waals surface area contributed by atoms with Crippen molar-refractivity contribution in [2.75, 3.05) is 33.9 Å². The van der Waals surface area contributed by atoms with Crippen LogP contribution in [-0.4, -0.2) is 44.9 Å². The van der Waals surface area contributed by atoms with Crippen LogP contribution in [0.4, 0.5) is 0 Å². The summed E-state index contributed by atoms with van der Waals surface area (Å²) in [5.74, 6) is 1.47. The summed E-state index contributed by atoms with van der Waals surface area (Å²) in [6, 6.07) is 3.79. The Kier molecular flexibility index (Phi) is 6.15. The second-order valence-corrected chi connectivity index (χ2v) is 5.64. The Labute approximate surface area is 131 Å². The van der Waals surface area contributed by atoms with Crippen molar-refractivity contribution in [3.8, 4) is 11.5 Å². The van der Waals surface area contributed by atoms with Gasteiger partial charge in [0.2, 0.25) is 0 Å². The number of halogens is 1. The van der Waals surface area contributed by atoms with Crippen molar-refractivity contribution in [2.24, 2.45) is 0 Å². The molecule has 4 nitrogen and oxygen atoms in total. The second-order valence-electron chi connectivity index (χ2n) is 5.23. The normalized spacial score (nSPS) is 17.0. The largest absolute Gasteiger partial charge is 0.496 e. The Hall–Kier alpha value is -0.970. The first-order chi connectivity index (χ1) is 10.2. The predicted molar refractivity (Wildman–Crippen MR) is 84.5 cm³/mol. The zero-order valence-corrected chi connectivity index (χ0v) is 13.8. The van der Waals surface area contributed by atoms with Gasteiger partial charge in [-0.1, -0.05) is 11.6 Å². The van der Waals surface area contributed by atoms with Gasteiger partial charge < -0.3 is 14.2 Å². The Morgan fingerprint density at radius 1 is 1.14 bits per heavy atom. The molecule has 0 saturated carbocycles. The van der Waals surface area contributed by atoms with E-state index in [4.69, 9.17) is 25.8 Å². The summed E-state index contributed by atoms with van der Waals surface area (Å²) in [5.41, 5.74) is 1.10. The predicted octanol–water partition coefficient (Wildman–Crippen LogP) is 3.36. The number of piperidine rings is 1. The molecule has 0 aromatic heterocycles. The summed E-state index contributed by atoms with van der Waals surface area (Å²) >= 11 is 6.22. The average Bonchev–Trinajstić information content (AvgIpc) is 2.50. The monoisotopic (exact) mass is 313 g/mol. The van der Waals surface area contributed by atoms with Gasteiger partial charge in [0, 0.05) is 37.9 Å². The van der Waals surface area contributed by atoms with Gasteiger partial charge in [0.1, 0.15) is 11.5 Å². The van der Waals surface area contributed by atoms with Crippen molar-refractivity contribution in [1.29, 1.82) is 0 Å². The average molecular weight is 314 g/mol. The van der Waals surface area contributed by atoms with E-state index in [1.165, 1.54) is 0 Å². The Morgan fingerprint density at radius 2 is 1.81 bits per heavy atom. The molecule has 0 aliphatic carbocycles. The molecule has 1 aliphatic heterocycles. The molecule has 5 heteroatoms.